The zero-order chi connectivity index (χ0) is 14.9. The number of hydrogen-bond acceptors (Lipinski definition) is 2. The number of amidine groups is 1. The average Bonchev–Trinajstić information content (AvgIpc) is 2.56. The van der Waals surface area contributed by atoms with Gasteiger partial charge in [0.2, 0.25) is 0 Å². The van der Waals surface area contributed by atoms with Gasteiger partial charge in [-0.25, -0.2) is 4.79 Å². The van der Waals surface area contributed by atoms with Crippen molar-refractivity contribution in [3.8, 4) is 0 Å². The summed E-state index contributed by atoms with van der Waals surface area (Å²) < 4.78 is 1.04. The minimum absolute atomic E-state index is 0.226. The topological polar surface area (TPSA) is 58.7 Å². The quantitative estimate of drug-likeness (QED) is 0.916. The molecule has 0 aromatic heterocycles. The first-order valence-electron chi connectivity index (χ1n) is 6.73. The lowest BCUT2D eigenvalue weighted by atomic mass is 9.90. The van der Waals surface area contributed by atoms with Gasteiger partial charge in [0.1, 0.15) is 11.4 Å². The lowest BCUT2D eigenvalue weighted by molar-refractivity contribution is 0.167. The van der Waals surface area contributed by atoms with E-state index in [9.17, 15) is 4.79 Å². The number of nitrogens with zero attached hydrogens (tertiary/aromatic N) is 2. The fourth-order valence-electron chi connectivity index (χ4n) is 2.46. The van der Waals surface area contributed by atoms with E-state index in [-0.39, 0.29) is 6.03 Å². The number of rotatable bonds is 4. The van der Waals surface area contributed by atoms with Gasteiger partial charge in [0, 0.05) is 17.4 Å². The molecular formula is C15H20BrN3O. The minimum atomic E-state index is -0.533. The van der Waals surface area contributed by atoms with Crippen LogP contribution in [0.25, 0.3) is 0 Å². The number of carbonyl (C=O) groups is 1. The second-order valence-corrected chi connectivity index (χ2v) is 6.78. The monoisotopic (exact) mass is 337 g/mol. The summed E-state index contributed by atoms with van der Waals surface area (Å²) in [4.78, 5) is 17.8. The Hall–Kier alpha value is -1.36. The maximum Gasteiger partial charge on any atom is 0.346 e. The van der Waals surface area contributed by atoms with E-state index in [4.69, 9.17) is 5.73 Å². The predicted molar refractivity (Wildman–Crippen MR) is 84.8 cm³/mol. The fraction of sp³-hybridized carbons (Fsp3) is 0.467. The molecule has 1 atom stereocenters. The van der Waals surface area contributed by atoms with Gasteiger partial charge in [0.15, 0.2) is 0 Å². The molecule has 1 unspecified atom stereocenters. The third-order valence-corrected chi connectivity index (χ3v) is 4.13. The molecule has 0 spiro atoms. The number of aliphatic imine (C=N–C) groups is 1. The molecule has 0 bridgehead atoms. The number of benzene rings is 1. The van der Waals surface area contributed by atoms with Crippen LogP contribution in [0.15, 0.2) is 33.7 Å². The van der Waals surface area contributed by atoms with Crippen LogP contribution in [0.3, 0.4) is 0 Å². The van der Waals surface area contributed by atoms with Crippen LogP contribution in [0.4, 0.5) is 4.79 Å². The summed E-state index contributed by atoms with van der Waals surface area (Å²) >= 11 is 3.42. The Morgan fingerprint density at radius 3 is 2.50 bits per heavy atom. The van der Waals surface area contributed by atoms with Crippen LogP contribution >= 0.6 is 15.9 Å². The third kappa shape index (κ3) is 2.87. The van der Waals surface area contributed by atoms with Crippen molar-refractivity contribution < 1.29 is 4.79 Å². The van der Waals surface area contributed by atoms with Crippen molar-refractivity contribution in [3.63, 3.8) is 0 Å². The van der Waals surface area contributed by atoms with E-state index in [2.05, 4.69) is 34.8 Å². The first-order chi connectivity index (χ1) is 9.33. The smallest absolute Gasteiger partial charge is 0.346 e. The SMILES string of the molecule is CC(C)CN1C(=O)N=C(N)C1(C)Cc1ccc(Br)cc1. The highest BCUT2D eigenvalue weighted by Gasteiger charge is 2.44. The Morgan fingerprint density at radius 2 is 1.95 bits per heavy atom. The third-order valence-electron chi connectivity index (χ3n) is 3.60. The number of nitrogens with two attached hydrogens (primary N) is 1. The zero-order valence-corrected chi connectivity index (χ0v) is 13.6. The largest absolute Gasteiger partial charge is 0.385 e. The number of hydrogen-bond donors (Lipinski definition) is 1. The highest BCUT2D eigenvalue weighted by atomic mass is 79.9. The van der Waals surface area contributed by atoms with Gasteiger partial charge in [-0.05, 0) is 30.5 Å². The highest BCUT2D eigenvalue weighted by molar-refractivity contribution is 9.10. The van der Waals surface area contributed by atoms with Gasteiger partial charge >= 0.3 is 6.03 Å². The van der Waals surface area contributed by atoms with E-state index in [0.717, 1.165) is 10.0 Å². The van der Waals surface area contributed by atoms with Crippen LogP contribution in [0.2, 0.25) is 0 Å². The Labute approximate surface area is 128 Å². The molecule has 1 aliphatic rings. The van der Waals surface area contributed by atoms with Gasteiger partial charge in [-0.2, -0.15) is 4.99 Å². The molecule has 0 saturated heterocycles. The molecular weight excluding hydrogens is 318 g/mol. The molecule has 2 N–H and O–H groups in total. The first-order valence-corrected chi connectivity index (χ1v) is 7.53. The summed E-state index contributed by atoms with van der Waals surface area (Å²) in [6, 6.07) is 7.85. The summed E-state index contributed by atoms with van der Waals surface area (Å²) in [6.45, 7) is 6.82. The summed E-state index contributed by atoms with van der Waals surface area (Å²) in [5.74, 6) is 0.787. The first kappa shape index (κ1) is 15.0. The van der Waals surface area contributed by atoms with Crippen LogP contribution in [0.5, 0.6) is 0 Å². The molecule has 0 fully saturated rings. The normalized spacial score (nSPS) is 22.6. The van der Waals surface area contributed by atoms with Gasteiger partial charge in [-0.1, -0.05) is 41.9 Å². The van der Waals surface area contributed by atoms with Gasteiger partial charge < -0.3 is 10.6 Å². The van der Waals surface area contributed by atoms with Gasteiger partial charge in [-0.3, -0.25) is 0 Å². The number of carbonyl (C=O) groups excluding carboxylic acids is 1. The highest BCUT2D eigenvalue weighted by Crippen LogP contribution is 2.28. The number of urea groups is 1. The summed E-state index contributed by atoms with van der Waals surface area (Å²) in [5.41, 5.74) is 6.63. The molecule has 0 saturated carbocycles. The molecule has 0 radical (unpaired) electrons. The van der Waals surface area contributed by atoms with Gasteiger partial charge in [0.25, 0.3) is 0 Å². The van der Waals surface area contributed by atoms with Crippen LogP contribution in [-0.2, 0) is 6.42 Å². The second kappa shape index (κ2) is 5.56. The maximum absolute atomic E-state index is 12.0. The molecule has 0 aliphatic carbocycles. The lowest BCUT2D eigenvalue weighted by Crippen LogP contribution is -2.54. The molecule has 5 heteroatoms. The minimum Gasteiger partial charge on any atom is -0.385 e. The van der Waals surface area contributed by atoms with Crippen molar-refractivity contribution in [2.45, 2.75) is 32.7 Å². The Kier molecular flexibility index (Phi) is 4.18. The molecule has 2 amide bonds. The maximum atomic E-state index is 12.0. The van der Waals surface area contributed by atoms with E-state index in [0.29, 0.717) is 24.7 Å². The van der Waals surface area contributed by atoms with Crippen molar-refractivity contribution in [1.82, 2.24) is 4.90 Å². The molecule has 1 heterocycles. The summed E-state index contributed by atoms with van der Waals surface area (Å²) in [6.07, 6.45) is 0.675. The van der Waals surface area contributed by atoms with Crippen molar-refractivity contribution in [2.24, 2.45) is 16.6 Å². The van der Waals surface area contributed by atoms with Crippen LogP contribution < -0.4 is 5.73 Å². The van der Waals surface area contributed by atoms with Gasteiger partial charge in [-0.15, -0.1) is 0 Å². The lowest BCUT2D eigenvalue weighted by Gasteiger charge is -2.36. The molecule has 4 nitrogen and oxygen atoms in total. The van der Waals surface area contributed by atoms with Crippen molar-refractivity contribution in [1.29, 1.82) is 0 Å². The van der Waals surface area contributed by atoms with Crippen molar-refractivity contribution in [3.05, 3.63) is 34.3 Å². The summed E-state index contributed by atoms with van der Waals surface area (Å²) in [7, 11) is 0. The molecule has 1 aromatic rings. The predicted octanol–water partition coefficient (Wildman–Crippen LogP) is 3.20. The molecule has 2 rings (SSSR count). The van der Waals surface area contributed by atoms with E-state index in [1.807, 2.05) is 31.2 Å². The molecule has 108 valence electrons. The molecule has 20 heavy (non-hydrogen) atoms. The Bertz CT molecular complexity index is 539. The van der Waals surface area contributed by atoms with Crippen molar-refractivity contribution in [2.75, 3.05) is 6.54 Å². The van der Waals surface area contributed by atoms with Crippen molar-refractivity contribution >= 4 is 27.8 Å². The van der Waals surface area contributed by atoms with E-state index in [1.54, 1.807) is 4.90 Å². The van der Waals surface area contributed by atoms with E-state index in [1.165, 1.54) is 0 Å². The Morgan fingerprint density at radius 1 is 1.35 bits per heavy atom. The Balaban J connectivity index is 2.27. The van der Waals surface area contributed by atoms with Crippen LogP contribution in [0.1, 0.15) is 26.3 Å². The molecule has 1 aliphatic heterocycles. The number of amides is 2. The summed E-state index contributed by atoms with van der Waals surface area (Å²) in [5, 5.41) is 0. The standard InChI is InChI=1S/C15H20BrN3O/c1-10(2)9-19-14(20)18-13(17)15(19,3)8-11-4-6-12(16)7-5-11/h4-7,10H,8-9H2,1-3H3,(H2,17,18,20). The van der Waals surface area contributed by atoms with E-state index >= 15 is 0 Å². The van der Waals surface area contributed by atoms with Crippen LogP contribution in [0, 0.1) is 5.92 Å². The molecule has 1 aromatic carbocycles. The fourth-order valence-corrected chi connectivity index (χ4v) is 2.73. The average molecular weight is 338 g/mol. The van der Waals surface area contributed by atoms with Gasteiger partial charge in [0.05, 0.1) is 0 Å². The van der Waals surface area contributed by atoms with E-state index < -0.39 is 5.54 Å². The zero-order valence-electron chi connectivity index (χ0n) is 12.1. The number of halogens is 1. The van der Waals surface area contributed by atoms with Crippen LogP contribution in [-0.4, -0.2) is 28.9 Å². The second-order valence-electron chi connectivity index (χ2n) is 5.86.